The lowest BCUT2D eigenvalue weighted by Gasteiger charge is -2.18. The van der Waals surface area contributed by atoms with E-state index >= 15 is 0 Å². The van der Waals surface area contributed by atoms with Crippen LogP contribution in [0.4, 0.5) is 0 Å². The smallest absolute Gasteiger partial charge is 0.322 e. The third-order valence-corrected chi connectivity index (χ3v) is 1.74. The molecule has 86 valence electrons. The molecule has 0 amide bonds. The Hall–Kier alpha value is -1.12. The predicted octanol–water partition coefficient (Wildman–Crippen LogP) is 1.23. The lowest BCUT2D eigenvalue weighted by Crippen LogP contribution is -2.25. The number of nitrogens with zero attached hydrogens (tertiary/aromatic N) is 1. The summed E-state index contributed by atoms with van der Waals surface area (Å²) < 4.78 is 15.2. The molecule has 0 aromatic carbocycles. The summed E-state index contributed by atoms with van der Waals surface area (Å²) in [6.45, 7) is 4.04. The minimum absolute atomic E-state index is 0.0475. The zero-order valence-electron chi connectivity index (χ0n) is 9.36. The molecule has 15 heavy (non-hydrogen) atoms. The highest BCUT2D eigenvalue weighted by molar-refractivity contribution is 5.71. The van der Waals surface area contributed by atoms with Crippen LogP contribution in [0.3, 0.4) is 0 Å². The van der Waals surface area contributed by atoms with Crippen LogP contribution >= 0.6 is 0 Å². The van der Waals surface area contributed by atoms with Crippen LogP contribution in [-0.4, -0.2) is 32.1 Å². The fourth-order valence-corrected chi connectivity index (χ4v) is 0.799. The summed E-state index contributed by atoms with van der Waals surface area (Å²) in [5.41, 5.74) is 0. The SMILES string of the molecule is CCC(OCC(C)OC)OC(=O)CC#N. The topological polar surface area (TPSA) is 68.6 Å². The number of methoxy groups -OCH3 is 1. The Labute approximate surface area is 89.9 Å². The second-order valence-electron chi connectivity index (χ2n) is 3.04. The van der Waals surface area contributed by atoms with Crippen molar-refractivity contribution in [1.29, 1.82) is 5.26 Å². The standard InChI is InChI=1S/C10H17NO4/c1-4-10(14-7-8(2)13-3)15-9(12)5-6-11/h8,10H,4-5,7H2,1-3H3. The number of carbonyl (C=O) groups excluding carboxylic acids is 1. The molecule has 0 rings (SSSR count). The van der Waals surface area contributed by atoms with E-state index in [2.05, 4.69) is 0 Å². The largest absolute Gasteiger partial charge is 0.435 e. The highest BCUT2D eigenvalue weighted by atomic mass is 16.7. The predicted molar refractivity (Wildman–Crippen MR) is 52.8 cm³/mol. The number of rotatable bonds is 7. The molecule has 0 aliphatic carbocycles. The van der Waals surface area contributed by atoms with Crippen molar-refractivity contribution in [2.45, 2.75) is 39.1 Å². The van der Waals surface area contributed by atoms with Gasteiger partial charge in [-0.3, -0.25) is 4.79 Å². The minimum Gasteiger partial charge on any atom is -0.435 e. The maximum atomic E-state index is 11.0. The van der Waals surface area contributed by atoms with Gasteiger partial charge in [0.1, 0.15) is 6.42 Å². The van der Waals surface area contributed by atoms with Crippen LogP contribution in [-0.2, 0) is 19.0 Å². The Morgan fingerprint density at radius 3 is 2.67 bits per heavy atom. The molecule has 0 radical (unpaired) electrons. The van der Waals surface area contributed by atoms with Gasteiger partial charge in [0.25, 0.3) is 0 Å². The number of hydrogen-bond acceptors (Lipinski definition) is 5. The van der Waals surface area contributed by atoms with E-state index < -0.39 is 12.3 Å². The van der Waals surface area contributed by atoms with E-state index in [0.29, 0.717) is 13.0 Å². The first-order valence-electron chi connectivity index (χ1n) is 4.84. The van der Waals surface area contributed by atoms with E-state index in [0.717, 1.165) is 0 Å². The second kappa shape index (κ2) is 8.21. The molecule has 0 fully saturated rings. The van der Waals surface area contributed by atoms with Gasteiger partial charge in [0.05, 0.1) is 18.8 Å². The fraction of sp³-hybridized carbons (Fsp3) is 0.800. The summed E-state index contributed by atoms with van der Waals surface area (Å²) in [4.78, 5) is 11.0. The molecule has 0 aliphatic heterocycles. The maximum Gasteiger partial charge on any atom is 0.322 e. The lowest BCUT2D eigenvalue weighted by molar-refractivity contribution is -0.183. The number of esters is 1. The van der Waals surface area contributed by atoms with E-state index in [4.69, 9.17) is 19.5 Å². The zero-order chi connectivity index (χ0) is 11.7. The molecule has 0 saturated heterocycles. The van der Waals surface area contributed by atoms with Crippen molar-refractivity contribution in [3.8, 4) is 6.07 Å². The first-order chi connectivity index (χ1) is 7.13. The number of ether oxygens (including phenoxy) is 3. The van der Waals surface area contributed by atoms with Crippen molar-refractivity contribution in [3.05, 3.63) is 0 Å². The monoisotopic (exact) mass is 215 g/mol. The van der Waals surface area contributed by atoms with E-state index in [1.165, 1.54) is 0 Å². The van der Waals surface area contributed by atoms with Crippen molar-refractivity contribution in [2.75, 3.05) is 13.7 Å². The number of hydrogen-bond donors (Lipinski definition) is 0. The van der Waals surface area contributed by atoms with Gasteiger partial charge in [-0.15, -0.1) is 0 Å². The third kappa shape index (κ3) is 6.89. The van der Waals surface area contributed by atoms with E-state index in [1.807, 2.05) is 13.8 Å². The Morgan fingerprint density at radius 1 is 1.53 bits per heavy atom. The molecule has 0 aliphatic rings. The zero-order valence-corrected chi connectivity index (χ0v) is 9.36. The maximum absolute atomic E-state index is 11.0. The molecule has 5 nitrogen and oxygen atoms in total. The highest BCUT2D eigenvalue weighted by Gasteiger charge is 2.13. The molecule has 0 spiro atoms. The van der Waals surface area contributed by atoms with Gasteiger partial charge < -0.3 is 14.2 Å². The van der Waals surface area contributed by atoms with Gasteiger partial charge >= 0.3 is 5.97 Å². The molecular weight excluding hydrogens is 198 g/mol. The number of carbonyl (C=O) groups is 1. The molecule has 0 saturated carbocycles. The molecule has 0 heterocycles. The van der Waals surface area contributed by atoms with Crippen molar-refractivity contribution < 1.29 is 19.0 Å². The minimum atomic E-state index is -0.594. The summed E-state index contributed by atoms with van der Waals surface area (Å²) in [5, 5.41) is 8.27. The summed E-state index contributed by atoms with van der Waals surface area (Å²) in [6, 6.07) is 1.72. The highest BCUT2D eigenvalue weighted by Crippen LogP contribution is 2.04. The van der Waals surface area contributed by atoms with Crippen LogP contribution < -0.4 is 0 Å². The van der Waals surface area contributed by atoms with Crippen molar-refractivity contribution in [2.24, 2.45) is 0 Å². The molecule has 0 aromatic rings. The van der Waals surface area contributed by atoms with Crippen LogP contribution in [0.25, 0.3) is 0 Å². The molecule has 0 aromatic heterocycles. The van der Waals surface area contributed by atoms with Gasteiger partial charge in [-0.1, -0.05) is 6.92 Å². The first-order valence-corrected chi connectivity index (χ1v) is 4.84. The quantitative estimate of drug-likeness (QED) is 0.472. The Bertz CT molecular complexity index is 224. The van der Waals surface area contributed by atoms with Crippen molar-refractivity contribution >= 4 is 5.97 Å². The molecular formula is C10H17NO4. The van der Waals surface area contributed by atoms with E-state index in [-0.39, 0.29) is 12.5 Å². The van der Waals surface area contributed by atoms with Gasteiger partial charge in [0.2, 0.25) is 6.29 Å². The Balaban J connectivity index is 3.83. The van der Waals surface area contributed by atoms with Crippen LogP contribution in [0.5, 0.6) is 0 Å². The molecule has 2 unspecified atom stereocenters. The summed E-state index contributed by atoms with van der Waals surface area (Å²) in [5.74, 6) is -0.561. The Morgan fingerprint density at radius 2 is 2.20 bits per heavy atom. The van der Waals surface area contributed by atoms with Crippen molar-refractivity contribution in [1.82, 2.24) is 0 Å². The Kier molecular flexibility index (Phi) is 7.60. The average molecular weight is 215 g/mol. The van der Waals surface area contributed by atoms with Gasteiger partial charge in [0, 0.05) is 13.5 Å². The second-order valence-corrected chi connectivity index (χ2v) is 3.04. The van der Waals surface area contributed by atoms with Gasteiger partial charge in [-0.05, 0) is 6.92 Å². The van der Waals surface area contributed by atoms with Gasteiger partial charge in [0.15, 0.2) is 0 Å². The van der Waals surface area contributed by atoms with E-state index in [1.54, 1.807) is 13.2 Å². The van der Waals surface area contributed by atoms with Crippen LogP contribution in [0.15, 0.2) is 0 Å². The molecule has 2 atom stereocenters. The van der Waals surface area contributed by atoms with Crippen LogP contribution in [0.2, 0.25) is 0 Å². The summed E-state index contributed by atoms with van der Waals surface area (Å²) >= 11 is 0. The normalized spacial score (nSPS) is 14.0. The molecule has 0 N–H and O–H groups in total. The molecule has 5 heteroatoms. The van der Waals surface area contributed by atoms with Crippen molar-refractivity contribution in [3.63, 3.8) is 0 Å². The van der Waals surface area contributed by atoms with Gasteiger partial charge in [-0.25, -0.2) is 0 Å². The average Bonchev–Trinajstić information content (AvgIpc) is 2.23. The lowest BCUT2D eigenvalue weighted by atomic mass is 10.4. The first kappa shape index (κ1) is 13.9. The van der Waals surface area contributed by atoms with Gasteiger partial charge in [-0.2, -0.15) is 5.26 Å². The van der Waals surface area contributed by atoms with E-state index in [9.17, 15) is 4.79 Å². The fourth-order valence-electron chi connectivity index (χ4n) is 0.799. The summed E-state index contributed by atoms with van der Waals surface area (Å²) in [7, 11) is 1.58. The third-order valence-electron chi connectivity index (χ3n) is 1.74. The molecule has 0 bridgehead atoms. The summed E-state index contributed by atoms with van der Waals surface area (Å²) in [6.07, 6.45) is -0.343. The number of nitriles is 1. The van der Waals surface area contributed by atoms with Crippen LogP contribution in [0, 0.1) is 11.3 Å². The van der Waals surface area contributed by atoms with Crippen LogP contribution in [0.1, 0.15) is 26.7 Å².